The van der Waals surface area contributed by atoms with E-state index >= 15 is 0 Å². The number of hydrogen-bond acceptors (Lipinski definition) is 1. The summed E-state index contributed by atoms with van der Waals surface area (Å²) in [6, 6.07) is 1.62. The van der Waals surface area contributed by atoms with Gasteiger partial charge in [0.25, 0.3) is 0 Å². The molecule has 0 aliphatic heterocycles. The quantitative estimate of drug-likeness (QED) is 0.476. The fourth-order valence-corrected chi connectivity index (χ4v) is 1.05. The number of anilines is 1. The molecule has 0 atom stereocenters. The van der Waals surface area contributed by atoms with E-state index in [9.17, 15) is 13.2 Å². The minimum atomic E-state index is -1.50. The Hall–Kier alpha value is -1.72. The molecule has 0 aromatic heterocycles. The van der Waals surface area contributed by atoms with Crippen molar-refractivity contribution in [1.29, 1.82) is 0 Å². The average molecular weight is 231 g/mol. The number of rotatable bonds is 3. The van der Waals surface area contributed by atoms with Crippen molar-refractivity contribution >= 4 is 11.6 Å². The number of halogens is 3. The van der Waals surface area contributed by atoms with Crippen LogP contribution in [0, 0.1) is 17.5 Å². The van der Waals surface area contributed by atoms with E-state index in [-0.39, 0.29) is 11.6 Å². The van der Waals surface area contributed by atoms with E-state index in [1.165, 1.54) is 0 Å². The van der Waals surface area contributed by atoms with E-state index in [1.807, 2.05) is 6.92 Å². The molecule has 0 radical (unpaired) electrons. The molecular weight excluding hydrogens is 219 g/mol. The molecule has 0 aliphatic carbocycles. The predicted molar refractivity (Wildman–Crippen MR) is 56.7 cm³/mol. The molecule has 1 aromatic rings. The second-order valence-electron chi connectivity index (χ2n) is 3.15. The highest BCUT2D eigenvalue weighted by Crippen LogP contribution is 2.16. The lowest BCUT2D eigenvalue weighted by molar-refractivity contribution is 0.448. The Morgan fingerprint density at radius 2 is 1.88 bits per heavy atom. The molecule has 0 bridgehead atoms. The Labute approximate surface area is 91.2 Å². The number of aliphatic imine (C=N–C) groups is 1. The van der Waals surface area contributed by atoms with Crippen LogP contribution in [0.5, 0.6) is 0 Å². The largest absolute Gasteiger partial charge is 0.370 e. The third kappa shape index (κ3) is 3.15. The minimum absolute atomic E-state index is 0.0220. The van der Waals surface area contributed by atoms with Crippen LogP contribution in [-0.2, 0) is 0 Å². The average Bonchev–Trinajstić information content (AvgIpc) is 2.23. The first-order chi connectivity index (χ1) is 7.54. The van der Waals surface area contributed by atoms with Crippen molar-refractivity contribution in [2.24, 2.45) is 10.7 Å². The van der Waals surface area contributed by atoms with Crippen LogP contribution in [0.2, 0.25) is 0 Å². The summed E-state index contributed by atoms with van der Waals surface area (Å²) in [7, 11) is 0. The third-order valence-corrected chi connectivity index (χ3v) is 1.76. The molecule has 3 nitrogen and oxygen atoms in total. The van der Waals surface area contributed by atoms with Crippen molar-refractivity contribution in [3.63, 3.8) is 0 Å². The smallest absolute Gasteiger partial charge is 0.194 e. The monoisotopic (exact) mass is 231 g/mol. The zero-order valence-corrected chi connectivity index (χ0v) is 8.73. The second-order valence-corrected chi connectivity index (χ2v) is 3.15. The molecular formula is C10H12F3N3. The molecule has 0 heterocycles. The van der Waals surface area contributed by atoms with E-state index < -0.39 is 17.5 Å². The molecule has 6 heteroatoms. The van der Waals surface area contributed by atoms with Gasteiger partial charge in [0.15, 0.2) is 23.4 Å². The van der Waals surface area contributed by atoms with Gasteiger partial charge in [-0.25, -0.2) is 13.2 Å². The normalized spacial score (nSPS) is 11.6. The van der Waals surface area contributed by atoms with Crippen molar-refractivity contribution in [3.8, 4) is 0 Å². The van der Waals surface area contributed by atoms with Gasteiger partial charge < -0.3 is 11.1 Å². The molecule has 1 aromatic carbocycles. The van der Waals surface area contributed by atoms with Gasteiger partial charge >= 0.3 is 0 Å². The predicted octanol–water partition coefficient (Wildman–Crippen LogP) is 2.24. The van der Waals surface area contributed by atoms with Gasteiger partial charge in [-0.05, 0) is 6.42 Å². The van der Waals surface area contributed by atoms with Crippen molar-refractivity contribution in [3.05, 3.63) is 29.6 Å². The molecule has 0 amide bonds. The lowest BCUT2D eigenvalue weighted by Crippen LogP contribution is -2.23. The summed E-state index contributed by atoms with van der Waals surface area (Å²) < 4.78 is 38.2. The minimum Gasteiger partial charge on any atom is -0.370 e. The van der Waals surface area contributed by atoms with Gasteiger partial charge in [-0.3, -0.25) is 4.99 Å². The Kier molecular flexibility index (Phi) is 4.16. The summed E-state index contributed by atoms with van der Waals surface area (Å²) in [6.45, 7) is 2.42. The van der Waals surface area contributed by atoms with Gasteiger partial charge in [0.1, 0.15) is 0 Å². The van der Waals surface area contributed by atoms with Crippen LogP contribution >= 0.6 is 0 Å². The van der Waals surface area contributed by atoms with E-state index in [2.05, 4.69) is 10.3 Å². The summed E-state index contributed by atoms with van der Waals surface area (Å²) in [5.41, 5.74) is 5.45. The molecule has 0 unspecified atom stereocenters. The Bertz CT molecular complexity index is 381. The summed E-state index contributed by atoms with van der Waals surface area (Å²) in [5, 5.41) is 2.47. The standard InChI is InChI=1S/C10H12F3N3/c1-2-3-15-10(14)16-6-4-7(11)9(13)8(12)5-6/h4-5H,2-3H2,1H3,(H3,14,15,16). The van der Waals surface area contributed by atoms with Gasteiger partial charge in [-0.1, -0.05) is 6.92 Å². The molecule has 16 heavy (non-hydrogen) atoms. The fraction of sp³-hybridized carbons (Fsp3) is 0.300. The van der Waals surface area contributed by atoms with E-state index in [1.54, 1.807) is 0 Å². The molecule has 0 fully saturated rings. The van der Waals surface area contributed by atoms with Crippen molar-refractivity contribution < 1.29 is 13.2 Å². The van der Waals surface area contributed by atoms with E-state index in [0.29, 0.717) is 6.54 Å². The van der Waals surface area contributed by atoms with Crippen LogP contribution in [0.15, 0.2) is 17.1 Å². The topological polar surface area (TPSA) is 50.4 Å². The van der Waals surface area contributed by atoms with Gasteiger partial charge in [-0.15, -0.1) is 0 Å². The van der Waals surface area contributed by atoms with Gasteiger partial charge in [0.05, 0.1) is 0 Å². The maximum Gasteiger partial charge on any atom is 0.194 e. The van der Waals surface area contributed by atoms with Gasteiger partial charge in [0, 0.05) is 24.4 Å². The molecule has 0 saturated heterocycles. The lowest BCUT2D eigenvalue weighted by atomic mass is 10.3. The Balaban J connectivity index is 2.82. The number of benzene rings is 1. The van der Waals surface area contributed by atoms with Crippen molar-refractivity contribution in [2.75, 3.05) is 11.9 Å². The first kappa shape index (κ1) is 12.4. The highest BCUT2D eigenvalue weighted by Gasteiger charge is 2.10. The number of guanidine groups is 1. The molecule has 3 N–H and O–H groups in total. The zero-order valence-electron chi connectivity index (χ0n) is 8.73. The van der Waals surface area contributed by atoms with Crippen LogP contribution in [0.1, 0.15) is 13.3 Å². The number of nitrogens with two attached hydrogens (primary N) is 1. The lowest BCUT2D eigenvalue weighted by Gasteiger charge is -2.06. The summed E-state index contributed by atoms with van der Waals surface area (Å²) in [5.74, 6) is -4.02. The van der Waals surface area contributed by atoms with Gasteiger partial charge in [-0.2, -0.15) is 0 Å². The van der Waals surface area contributed by atoms with Crippen molar-refractivity contribution in [2.45, 2.75) is 13.3 Å². The summed E-state index contributed by atoms with van der Waals surface area (Å²) in [6.07, 6.45) is 0.800. The zero-order chi connectivity index (χ0) is 12.1. The Morgan fingerprint density at radius 3 is 2.38 bits per heavy atom. The SMILES string of the molecule is CCCN=C(N)Nc1cc(F)c(F)c(F)c1. The molecule has 0 aliphatic rings. The highest BCUT2D eigenvalue weighted by atomic mass is 19.2. The summed E-state index contributed by atoms with van der Waals surface area (Å²) in [4.78, 5) is 3.86. The Morgan fingerprint density at radius 1 is 1.31 bits per heavy atom. The highest BCUT2D eigenvalue weighted by molar-refractivity contribution is 5.92. The number of nitrogens with zero attached hydrogens (tertiary/aromatic N) is 1. The molecule has 88 valence electrons. The number of nitrogens with one attached hydrogen (secondary N) is 1. The van der Waals surface area contributed by atoms with Crippen LogP contribution in [0.3, 0.4) is 0 Å². The summed E-state index contributed by atoms with van der Waals surface area (Å²) >= 11 is 0. The maximum atomic E-state index is 12.8. The van der Waals surface area contributed by atoms with Crippen LogP contribution < -0.4 is 11.1 Å². The first-order valence-electron chi connectivity index (χ1n) is 4.76. The van der Waals surface area contributed by atoms with Crippen LogP contribution in [-0.4, -0.2) is 12.5 Å². The third-order valence-electron chi connectivity index (χ3n) is 1.76. The van der Waals surface area contributed by atoms with E-state index in [0.717, 1.165) is 18.6 Å². The maximum absolute atomic E-state index is 12.8. The van der Waals surface area contributed by atoms with Crippen LogP contribution in [0.4, 0.5) is 18.9 Å². The van der Waals surface area contributed by atoms with Gasteiger partial charge in [0.2, 0.25) is 0 Å². The van der Waals surface area contributed by atoms with E-state index in [4.69, 9.17) is 5.73 Å². The molecule has 0 saturated carbocycles. The first-order valence-corrected chi connectivity index (χ1v) is 4.76. The van der Waals surface area contributed by atoms with Crippen molar-refractivity contribution in [1.82, 2.24) is 0 Å². The fourth-order valence-electron chi connectivity index (χ4n) is 1.05. The molecule has 1 rings (SSSR count). The van der Waals surface area contributed by atoms with Crippen LogP contribution in [0.25, 0.3) is 0 Å². The molecule has 0 spiro atoms. The second kappa shape index (κ2) is 5.39. The number of hydrogen-bond donors (Lipinski definition) is 2.